The van der Waals surface area contributed by atoms with Crippen LogP contribution in [0.25, 0.3) is 10.2 Å². The SMILES string of the molecule is Cc1nc2c(o1)CCCC2CC(=O)Nc1nc2c(F)ccc(Cl)c2s1. The number of nitrogens with zero attached hydrogens (tertiary/aromatic N) is 2. The second-order valence-corrected chi connectivity index (χ2v) is 7.51. The van der Waals surface area contributed by atoms with Gasteiger partial charge in [0.25, 0.3) is 0 Å². The Bertz CT molecular complexity index is 929. The summed E-state index contributed by atoms with van der Waals surface area (Å²) in [6, 6.07) is 2.76. The summed E-state index contributed by atoms with van der Waals surface area (Å²) >= 11 is 7.23. The lowest BCUT2D eigenvalue weighted by molar-refractivity contribution is -0.116. The second-order valence-electron chi connectivity index (χ2n) is 6.11. The van der Waals surface area contributed by atoms with Gasteiger partial charge in [-0.05, 0) is 25.0 Å². The molecular formula is C17H15ClFN3O2S. The number of rotatable bonds is 3. The van der Waals surface area contributed by atoms with Gasteiger partial charge in [0.2, 0.25) is 5.91 Å². The number of carbonyl (C=O) groups is 1. The molecule has 3 aromatic rings. The first-order valence-electron chi connectivity index (χ1n) is 8.02. The van der Waals surface area contributed by atoms with Crippen molar-refractivity contribution in [1.29, 1.82) is 0 Å². The number of oxazole rings is 1. The first kappa shape index (κ1) is 16.5. The summed E-state index contributed by atoms with van der Waals surface area (Å²) < 4.78 is 19.9. The van der Waals surface area contributed by atoms with Gasteiger partial charge < -0.3 is 9.73 Å². The maximum atomic E-state index is 13.8. The van der Waals surface area contributed by atoms with E-state index < -0.39 is 5.82 Å². The molecule has 4 rings (SSSR count). The number of aryl methyl sites for hydroxylation is 2. The van der Waals surface area contributed by atoms with Gasteiger partial charge in [0, 0.05) is 25.7 Å². The molecule has 0 aliphatic heterocycles. The van der Waals surface area contributed by atoms with Crippen molar-refractivity contribution in [2.75, 3.05) is 5.32 Å². The van der Waals surface area contributed by atoms with E-state index in [0.29, 0.717) is 27.2 Å². The van der Waals surface area contributed by atoms with Crippen molar-refractivity contribution in [3.63, 3.8) is 0 Å². The zero-order valence-corrected chi connectivity index (χ0v) is 15.0. The molecule has 0 radical (unpaired) electrons. The number of thiazole rings is 1. The number of amides is 1. The topological polar surface area (TPSA) is 68.0 Å². The van der Waals surface area contributed by atoms with Crippen LogP contribution in [0.1, 0.15) is 42.5 Å². The number of anilines is 1. The van der Waals surface area contributed by atoms with E-state index in [1.165, 1.54) is 23.5 Å². The Labute approximate surface area is 152 Å². The van der Waals surface area contributed by atoms with Gasteiger partial charge in [-0.3, -0.25) is 4.79 Å². The summed E-state index contributed by atoms with van der Waals surface area (Å²) in [6.07, 6.45) is 3.03. The van der Waals surface area contributed by atoms with Gasteiger partial charge in [-0.1, -0.05) is 22.9 Å². The highest BCUT2D eigenvalue weighted by Gasteiger charge is 2.27. The highest BCUT2D eigenvalue weighted by atomic mass is 35.5. The van der Waals surface area contributed by atoms with Crippen molar-refractivity contribution < 1.29 is 13.6 Å². The zero-order valence-electron chi connectivity index (χ0n) is 13.4. The van der Waals surface area contributed by atoms with E-state index in [1.807, 2.05) is 6.92 Å². The van der Waals surface area contributed by atoms with Gasteiger partial charge in [-0.15, -0.1) is 0 Å². The summed E-state index contributed by atoms with van der Waals surface area (Å²) in [4.78, 5) is 21.0. The molecule has 25 heavy (non-hydrogen) atoms. The quantitative estimate of drug-likeness (QED) is 0.707. The molecule has 0 saturated carbocycles. The van der Waals surface area contributed by atoms with Crippen LogP contribution >= 0.6 is 22.9 Å². The Hall–Kier alpha value is -1.99. The average Bonchev–Trinajstić information content (AvgIpc) is 3.15. The number of nitrogens with one attached hydrogen (secondary N) is 1. The molecule has 130 valence electrons. The van der Waals surface area contributed by atoms with E-state index in [2.05, 4.69) is 15.3 Å². The van der Waals surface area contributed by atoms with Gasteiger partial charge >= 0.3 is 0 Å². The minimum absolute atomic E-state index is 0.0379. The number of aromatic nitrogens is 2. The maximum absolute atomic E-state index is 13.8. The van der Waals surface area contributed by atoms with Crippen LogP contribution in [0, 0.1) is 12.7 Å². The van der Waals surface area contributed by atoms with E-state index in [4.69, 9.17) is 16.0 Å². The molecule has 2 heterocycles. The highest BCUT2D eigenvalue weighted by Crippen LogP contribution is 2.36. The molecule has 0 bridgehead atoms. The molecule has 0 fully saturated rings. The van der Waals surface area contributed by atoms with Gasteiger partial charge in [-0.2, -0.15) is 0 Å². The fraction of sp³-hybridized carbons (Fsp3) is 0.353. The summed E-state index contributed by atoms with van der Waals surface area (Å²) in [5.74, 6) is 0.931. The van der Waals surface area contributed by atoms with Crippen LogP contribution in [0.4, 0.5) is 9.52 Å². The Kier molecular flexibility index (Phi) is 4.21. The van der Waals surface area contributed by atoms with E-state index in [1.54, 1.807) is 0 Å². The van der Waals surface area contributed by atoms with Crippen molar-refractivity contribution >= 4 is 44.2 Å². The molecule has 1 aromatic carbocycles. The van der Waals surface area contributed by atoms with E-state index >= 15 is 0 Å². The number of fused-ring (bicyclic) bond motifs is 2. The number of halogens is 2. The Balaban J connectivity index is 1.52. The van der Waals surface area contributed by atoms with Gasteiger partial charge in [0.05, 0.1) is 15.4 Å². The molecular weight excluding hydrogens is 365 g/mol. The third-order valence-electron chi connectivity index (χ3n) is 4.30. The minimum atomic E-state index is -0.453. The summed E-state index contributed by atoms with van der Waals surface area (Å²) in [6.45, 7) is 1.81. The van der Waals surface area contributed by atoms with Crippen LogP contribution in [0.3, 0.4) is 0 Å². The lowest BCUT2D eigenvalue weighted by Crippen LogP contribution is -2.18. The minimum Gasteiger partial charge on any atom is -0.446 e. The first-order valence-corrected chi connectivity index (χ1v) is 9.21. The van der Waals surface area contributed by atoms with Gasteiger partial charge in [0.15, 0.2) is 11.0 Å². The number of carbonyl (C=O) groups excluding carboxylic acids is 1. The predicted octanol–water partition coefficient (Wildman–Crippen LogP) is 4.83. The molecule has 0 spiro atoms. The Morgan fingerprint density at radius 1 is 1.48 bits per heavy atom. The molecule has 0 saturated heterocycles. The first-order chi connectivity index (χ1) is 12.0. The van der Waals surface area contributed by atoms with Gasteiger partial charge in [-0.25, -0.2) is 14.4 Å². The van der Waals surface area contributed by atoms with Crippen LogP contribution in [-0.2, 0) is 11.2 Å². The predicted molar refractivity (Wildman–Crippen MR) is 94.8 cm³/mol. The maximum Gasteiger partial charge on any atom is 0.226 e. The fourth-order valence-electron chi connectivity index (χ4n) is 3.22. The normalized spacial score (nSPS) is 16.8. The zero-order chi connectivity index (χ0) is 17.6. The molecule has 5 nitrogen and oxygen atoms in total. The number of benzene rings is 1. The summed E-state index contributed by atoms with van der Waals surface area (Å²) in [7, 11) is 0. The van der Waals surface area contributed by atoms with Crippen molar-refractivity contribution in [3.8, 4) is 0 Å². The van der Waals surface area contributed by atoms with E-state index in [0.717, 1.165) is 30.7 Å². The molecule has 2 aromatic heterocycles. The third-order valence-corrected chi connectivity index (χ3v) is 5.73. The van der Waals surface area contributed by atoms with Crippen molar-refractivity contribution in [3.05, 3.63) is 40.3 Å². The monoisotopic (exact) mass is 379 g/mol. The van der Waals surface area contributed by atoms with Crippen LogP contribution in [-0.4, -0.2) is 15.9 Å². The molecule has 1 unspecified atom stereocenters. The summed E-state index contributed by atoms with van der Waals surface area (Å²) in [5, 5.41) is 3.52. The number of hydrogen-bond donors (Lipinski definition) is 1. The van der Waals surface area contributed by atoms with Crippen molar-refractivity contribution in [2.45, 2.75) is 38.5 Å². The van der Waals surface area contributed by atoms with E-state index in [-0.39, 0.29) is 17.3 Å². The Morgan fingerprint density at radius 2 is 2.32 bits per heavy atom. The molecule has 8 heteroatoms. The average molecular weight is 380 g/mol. The van der Waals surface area contributed by atoms with Crippen molar-refractivity contribution in [1.82, 2.24) is 9.97 Å². The Morgan fingerprint density at radius 3 is 3.12 bits per heavy atom. The van der Waals surface area contributed by atoms with E-state index in [9.17, 15) is 9.18 Å². The van der Waals surface area contributed by atoms with Crippen LogP contribution in [0.2, 0.25) is 5.02 Å². The standard InChI is InChI=1S/C17H15ClFN3O2S/c1-8-20-14-9(3-2-4-12(14)24-8)7-13(23)21-17-22-15-11(19)6-5-10(18)16(15)25-17/h5-6,9H,2-4,7H2,1H3,(H,21,22,23). The highest BCUT2D eigenvalue weighted by molar-refractivity contribution is 7.23. The largest absolute Gasteiger partial charge is 0.446 e. The molecule has 1 N–H and O–H groups in total. The van der Waals surface area contributed by atoms with Gasteiger partial charge in [0.1, 0.15) is 17.1 Å². The fourth-order valence-corrected chi connectivity index (χ4v) is 4.39. The number of hydrogen-bond acceptors (Lipinski definition) is 5. The lowest BCUT2D eigenvalue weighted by Gasteiger charge is -2.19. The molecule has 1 amide bonds. The van der Waals surface area contributed by atoms with Crippen molar-refractivity contribution in [2.24, 2.45) is 0 Å². The third kappa shape index (κ3) is 3.14. The summed E-state index contributed by atoms with van der Waals surface area (Å²) in [5.41, 5.74) is 1.07. The lowest BCUT2D eigenvalue weighted by atomic mass is 9.88. The molecule has 1 atom stereocenters. The smallest absolute Gasteiger partial charge is 0.226 e. The van der Waals surface area contributed by atoms with Crippen LogP contribution < -0.4 is 5.32 Å². The van der Waals surface area contributed by atoms with Crippen LogP contribution in [0.15, 0.2) is 16.5 Å². The van der Waals surface area contributed by atoms with Crippen LogP contribution in [0.5, 0.6) is 0 Å². The molecule has 1 aliphatic rings. The second kappa shape index (κ2) is 6.38. The molecule has 1 aliphatic carbocycles.